The second-order valence-electron chi connectivity index (χ2n) is 6.62. The Hall–Kier alpha value is -3.54. The summed E-state index contributed by atoms with van der Waals surface area (Å²) in [5, 5.41) is 12.0. The van der Waals surface area contributed by atoms with Crippen molar-refractivity contribution in [3.63, 3.8) is 0 Å². The van der Waals surface area contributed by atoms with Crippen LogP contribution in [0.1, 0.15) is 10.4 Å². The van der Waals surface area contributed by atoms with E-state index in [1.807, 2.05) is 0 Å². The molecule has 6 N–H and O–H groups in total. The van der Waals surface area contributed by atoms with Gasteiger partial charge in [-0.05, 0) is 24.3 Å². The molecule has 33 heavy (non-hydrogen) atoms. The summed E-state index contributed by atoms with van der Waals surface area (Å²) in [7, 11) is 0. The van der Waals surface area contributed by atoms with Crippen LogP contribution in [0.25, 0.3) is 0 Å². The number of carbonyl (C=O) groups is 1. The van der Waals surface area contributed by atoms with Gasteiger partial charge in [0.2, 0.25) is 17.8 Å². The van der Waals surface area contributed by atoms with Gasteiger partial charge in [0.15, 0.2) is 0 Å². The van der Waals surface area contributed by atoms with E-state index in [2.05, 4.69) is 49.4 Å². The van der Waals surface area contributed by atoms with Crippen LogP contribution in [0, 0.1) is 0 Å². The molecule has 11 heteroatoms. The highest BCUT2D eigenvalue weighted by atomic mass is 16.5. The smallest absolute Gasteiger partial charge is 0.251 e. The van der Waals surface area contributed by atoms with Gasteiger partial charge in [-0.15, -0.1) is 13.2 Å². The van der Waals surface area contributed by atoms with E-state index < -0.39 is 0 Å². The topological polar surface area (TPSA) is 148 Å². The Labute approximate surface area is 193 Å². The molecular weight excluding hydrogens is 424 g/mol. The number of carbonyl (C=O) groups excluding carboxylic acids is 1. The zero-order chi connectivity index (χ0) is 23.7. The molecule has 1 aromatic heterocycles. The Morgan fingerprint density at radius 1 is 0.879 bits per heavy atom. The number of nitrogens with zero attached hydrogens (tertiary/aromatic N) is 3. The first-order valence-electron chi connectivity index (χ1n) is 10.6. The van der Waals surface area contributed by atoms with Crippen LogP contribution in [-0.4, -0.2) is 73.5 Å². The number of rotatable bonds is 17. The maximum absolute atomic E-state index is 12.3. The molecule has 0 saturated heterocycles. The molecule has 1 aromatic carbocycles. The number of nitrogens with one attached hydrogen (secondary N) is 4. The molecule has 1 heterocycles. The lowest BCUT2D eigenvalue weighted by molar-refractivity contribution is 0.0511. The van der Waals surface area contributed by atoms with E-state index in [0.29, 0.717) is 76.0 Å². The number of hydrogen-bond donors (Lipinski definition) is 5. The standard InChI is InChI=1S/C22H32N8O3/c1-3-10-25-20-28-21(26-11-4-2)30-22(29-20)27-18-7-5-17(6-8-18)19(31)24-12-14-33-16-15-32-13-9-23/h3-8H,1-2,9-16,23H2,(H,24,31)(H3,25,26,27,28,29,30). The van der Waals surface area contributed by atoms with Crippen LogP contribution in [0.4, 0.5) is 23.5 Å². The van der Waals surface area contributed by atoms with Crippen LogP contribution in [0.15, 0.2) is 49.6 Å². The molecule has 0 atom stereocenters. The molecule has 0 aliphatic carbocycles. The first-order chi connectivity index (χ1) is 16.2. The summed E-state index contributed by atoms with van der Waals surface area (Å²) in [4.78, 5) is 25.3. The average Bonchev–Trinajstić information content (AvgIpc) is 2.83. The fraction of sp³-hybridized carbons (Fsp3) is 0.364. The maximum Gasteiger partial charge on any atom is 0.251 e. The van der Waals surface area contributed by atoms with Gasteiger partial charge < -0.3 is 36.5 Å². The van der Waals surface area contributed by atoms with Crippen molar-refractivity contribution in [2.24, 2.45) is 5.73 Å². The van der Waals surface area contributed by atoms with E-state index in [1.54, 1.807) is 36.4 Å². The van der Waals surface area contributed by atoms with Crippen LogP contribution < -0.4 is 27.0 Å². The molecule has 0 fully saturated rings. The van der Waals surface area contributed by atoms with Gasteiger partial charge in [-0.25, -0.2) is 0 Å². The largest absolute Gasteiger partial charge is 0.378 e. The molecule has 0 bridgehead atoms. The Morgan fingerprint density at radius 3 is 2.03 bits per heavy atom. The van der Waals surface area contributed by atoms with Gasteiger partial charge in [0.25, 0.3) is 5.91 Å². The highest BCUT2D eigenvalue weighted by Crippen LogP contribution is 2.16. The summed E-state index contributed by atoms with van der Waals surface area (Å²) in [6.07, 6.45) is 3.42. The SMILES string of the molecule is C=CCNc1nc(NCC=C)nc(Nc2ccc(C(=O)NCCOCCOCCN)cc2)n1. The third-order valence-corrected chi connectivity index (χ3v) is 4.01. The first kappa shape index (κ1) is 25.7. The van der Waals surface area contributed by atoms with Gasteiger partial charge in [-0.1, -0.05) is 12.2 Å². The lowest BCUT2D eigenvalue weighted by Gasteiger charge is -2.11. The van der Waals surface area contributed by atoms with E-state index in [9.17, 15) is 4.79 Å². The van der Waals surface area contributed by atoms with Crippen LogP contribution in [0.3, 0.4) is 0 Å². The Morgan fingerprint density at radius 2 is 1.45 bits per heavy atom. The van der Waals surface area contributed by atoms with E-state index in [0.717, 1.165) is 5.69 Å². The molecule has 0 saturated carbocycles. The van der Waals surface area contributed by atoms with Crippen LogP contribution in [-0.2, 0) is 9.47 Å². The minimum absolute atomic E-state index is 0.184. The van der Waals surface area contributed by atoms with Crippen LogP contribution in [0.2, 0.25) is 0 Å². The molecule has 0 aliphatic heterocycles. The maximum atomic E-state index is 12.3. The van der Waals surface area contributed by atoms with E-state index in [1.165, 1.54) is 0 Å². The van der Waals surface area contributed by atoms with Crippen molar-refractivity contribution >= 4 is 29.4 Å². The van der Waals surface area contributed by atoms with Gasteiger partial charge in [0.1, 0.15) is 0 Å². The summed E-state index contributed by atoms with van der Waals surface area (Å²) in [6, 6.07) is 6.98. The fourth-order valence-corrected chi connectivity index (χ4v) is 2.49. The van der Waals surface area contributed by atoms with Crippen LogP contribution >= 0.6 is 0 Å². The minimum Gasteiger partial charge on any atom is -0.378 e. The highest BCUT2D eigenvalue weighted by Gasteiger charge is 2.08. The van der Waals surface area contributed by atoms with Gasteiger partial charge >= 0.3 is 0 Å². The fourth-order valence-electron chi connectivity index (χ4n) is 2.49. The molecule has 1 amide bonds. The summed E-state index contributed by atoms with van der Waals surface area (Å²) < 4.78 is 10.6. The highest BCUT2D eigenvalue weighted by molar-refractivity contribution is 5.94. The minimum atomic E-state index is -0.184. The van der Waals surface area contributed by atoms with Crippen molar-refractivity contribution in [3.8, 4) is 0 Å². The molecule has 0 radical (unpaired) electrons. The molecule has 0 unspecified atom stereocenters. The predicted octanol–water partition coefficient (Wildman–Crippen LogP) is 1.53. The van der Waals surface area contributed by atoms with Gasteiger partial charge in [-0.2, -0.15) is 15.0 Å². The number of aromatic nitrogens is 3. The molecule has 0 spiro atoms. The Bertz CT molecular complexity index is 846. The molecule has 2 rings (SSSR count). The van der Waals surface area contributed by atoms with E-state index in [-0.39, 0.29) is 5.91 Å². The zero-order valence-electron chi connectivity index (χ0n) is 18.7. The summed E-state index contributed by atoms with van der Waals surface area (Å²) in [6.45, 7) is 11.1. The van der Waals surface area contributed by atoms with Crippen molar-refractivity contribution in [1.82, 2.24) is 20.3 Å². The van der Waals surface area contributed by atoms with Crippen molar-refractivity contribution in [2.75, 3.05) is 68.6 Å². The van der Waals surface area contributed by atoms with Crippen molar-refractivity contribution < 1.29 is 14.3 Å². The molecule has 0 aliphatic rings. The molecular formula is C22H32N8O3. The normalized spacial score (nSPS) is 10.3. The summed E-state index contributed by atoms with van der Waals surface area (Å²) >= 11 is 0. The van der Waals surface area contributed by atoms with Crippen molar-refractivity contribution in [2.45, 2.75) is 0 Å². The average molecular weight is 457 g/mol. The monoisotopic (exact) mass is 456 g/mol. The zero-order valence-corrected chi connectivity index (χ0v) is 18.7. The van der Waals surface area contributed by atoms with Crippen LogP contribution in [0.5, 0.6) is 0 Å². The van der Waals surface area contributed by atoms with Gasteiger partial charge in [-0.3, -0.25) is 4.79 Å². The second kappa shape index (κ2) is 15.3. The number of benzene rings is 1. The quantitative estimate of drug-likeness (QED) is 0.175. The molecule has 2 aromatic rings. The predicted molar refractivity (Wildman–Crippen MR) is 130 cm³/mol. The molecule has 178 valence electrons. The second-order valence-corrected chi connectivity index (χ2v) is 6.62. The van der Waals surface area contributed by atoms with Crippen molar-refractivity contribution in [3.05, 3.63) is 55.1 Å². The first-order valence-corrected chi connectivity index (χ1v) is 10.6. The number of amides is 1. The summed E-state index contributed by atoms with van der Waals surface area (Å²) in [5.41, 5.74) is 6.59. The number of anilines is 4. The molecule has 11 nitrogen and oxygen atoms in total. The lowest BCUT2D eigenvalue weighted by atomic mass is 10.2. The van der Waals surface area contributed by atoms with E-state index >= 15 is 0 Å². The van der Waals surface area contributed by atoms with Crippen molar-refractivity contribution in [1.29, 1.82) is 0 Å². The third-order valence-electron chi connectivity index (χ3n) is 4.01. The summed E-state index contributed by atoms with van der Waals surface area (Å²) in [5.74, 6) is 0.982. The number of ether oxygens (including phenoxy) is 2. The van der Waals surface area contributed by atoms with Gasteiger partial charge in [0, 0.05) is 37.4 Å². The Balaban J connectivity index is 1.87. The number of hydrogen-bond acceptors (Lipinski definition) is 10. The van der Waals surface area contributed by atoms with Gasteiger partial charge in [0.05, 0.1) is 26.4 Å². The Kier molecular flexibility index (Phi) is 11.9. The lowest BCUT2D eigenvalue weighted by Crippen LogP contribution is -2.27. The number of nitrogens with two attached hydrogens (primary N) is 1. The third kappa shape index (κ3) is 10.1. The van der Waals surface area contributed by atoms with E-state index in [4.69, 9.17) is 15.2 Å².